The number of hydrogen-bond acceptors (Lipinski definition) is 3. The number of ketones is 1. The molecule has 2 atom stereocenters. The third-order valence-corrected chi connectivity index (χ3v) is 7.44. The van der Waals surface area contributed by atoms with Crippen molar-refractivity contribution in [3.63, 3.8) is 0 Å². The average molecular weight is 505 g/mol. The predicted molar refractivity (Wildman–Crippen MR) is 148 cm³/mol. The Labute approximate surface area is 221 Å². The average Bonchev–Trinajstić information content (AvgIpc) is 3.08. The molecule has 4 nitrogen and oxygen atoms in total. The van der Waals surface area contributed by atoms with Gasteiger partial charge in [0.15, 0.2) is 5.78 Å². The second kappa shape index (κ2) is 9.72. The van der Waals surface area contributed by atoms with Crippen molar-refractivity contribution in [2.75, 3.05) is 10.2 Å². The highest BCUT2D eigenvalue weighted by atomic mass is 35.5. The molecule has 0 saturated heterocycles. The summed E-state index contributed by atoms with van der Waals surface area (Å²) in [5, 5.41) is 4.25. The molecule has 6 rings (SSSR count). The Hall–Kier alpha value is -4.15. The third kappa shape index (κ3) is 4.34. The molecule has 0 saturated carbocycles. The first kappa shape index (κ1) is 23.3. The van der Waals surface area contributed by atoms with Gasteiger partial charge in [-0.15, -0.1) is 0 Å². The van der Waals surface area contributed by atoms with Gasteiger partial charge in [0, 0.05) is 28.3 Å². The number of carbonyl (C=O) groups excluding carboxylic acids is 2. The lowest BCUT2D eigenvalue weighted by atomic mass is 9.78. The molecule has 4 aromatic carbocycles. The summed E-state index contributed by atoms with van der Waals surface area (Å²) in [5.74, 6) is -0.0812. The fraction of sp³-hybridized carbons (Fsp3) is 0.125. The number of benzene rings is 4. The van der Waals surface area contributed by atoms with Crippen LogP contribution in [0.5, 0.6) is 0 Å². The normalized spacial score (nSPS) is 18.9. The molecule has 4 aromatic rings. The van der Waals surface area contributed by atoms with E-state index in [9.17, 15) is 9.59 Å². The molecule has 0 fully saturated rings. The van der Waals surface area contributed by atoms with Crippen LogP contribution in [-0.2, 0) is 4.79 Å². The first-order valence-corrected chi connectivity index (χ1v) is 12.8. The van der Waals surface area contributed by atoms with E-state index < -0.39 is 6.04 Å². The number of carbonyl (C=O) groups is 2. The van der Waals surface area contributed by atoms with Crippen LogP contribution in [0.3, 0.4) is 0 Å². The van der Waals surface area contributed by atoms with Crippen LogP contribution in [0.1, 0.15) is 46.3 Å². The van der Waals surface area contributed by atoms with Crippen LogP contribution >= 0.6 is 11.6 Å². The zero-order valence-corrected chi connectivity index (χ0v) is 20.9. The lowest BCUT2D eigenvalue weighted by Gasteiger charge is -2.35. The molecule has 0 bridgehead atoms. The van der Waals surface area contributed by atoms with E-state index in [0.717, 1.165) is 28.2 Å². The van der Waals surface area contributed by atoms with Crippen molar-refractivity contribution in [1.29, 1.82) is 0 Å². The van der Waals surface area contributed by atoms with E-state index in [0.29, 0.717) is 29.0 Å². The van der Waals surface area contributed by atoms with E-state index in [1.807, 2.05) is 109 Å². The van der Waals surface area contributed by atoms with E-state index in [1.54, 1.807) is 4.90 Å². The Morgan fingerprint density at radius 2 is 1.41 bits per heavy atom. The zero-order valence-electron chi connectivity index (χ0n) is 20.1. The van der Waals surface area contributed by atoms with Crippen molar-refractivity contribution in [1.82, 2.24) is 0 Å². The molecule has 37 heavy (non-hydrogen) atoms. The van der Waals surface area contributed by atoms with Crippen LogP contribution < -0.4 is 10.2 Å². The van der Waals surface area contributed by atoms with Crippen molar-refractivity contribution < 1.29 is 9.59 Å². The Morgan fingerprint density at radius 3 is 2.14 bits per heavy atom. The lowest BCUT2D eigenvalue weighted by molar-refractivity contribution is -0.116. The highest BCUT2D eigenvalue weighted by Gasteiger charge is 2.41. The number of nitrogens with zero attached hydrogens (tertiary/aromatic N) is 1. The van der Waals surface area contributed by atoms with Gasteiger partial charge in [0.2, 0.25) is 0 Å². The van der Waals surface area contributed by atoms with Crippen LogP contribution in [-0.4, -0.2) is 11.7 Å². The van der Waals surface area contributed by atoms with Gasteiger partial charge in [0.05, 0.1) is 17.4 Å². The van der Waals surface area contributed by atoms with Crippen molar-refractivity contribution in [2.24, 2.45) is 0 Å². The summed E-state index contributed by atoms with van der Waals surface area (Å²) < 4.78 is 0. The number of para-hydroxylation sites is 2. The van der Waals surface area contributed by atoms with Crippen LogP contribution in [0.15, 0.2) is 120 Å². The van der Waals surface area contributed by atoms with Gasteiger partial charge in [-0.25, -0.2) is 0 Å². The molecule has 1 aliphatic heterocycles. The van der Waals surface area contributed by atoms with Gasteiger partial charge in [-0.1, -0.05) is 84.4 Å². The fourth-order valence-corrected chi connectivity index (χ4v) is 5.58. The van der Waals surface area contributed by atoms with E-state index in [2.05, 4.69) is 5.32 Å². The minimum atomic E-state index is -0.557. The summed E-state index contributed by atoms with van der Waals surface area (Å²) >= 11 is 6.12. The predicted octanol–water partition coefficient (Wildman–Crippen LogP) is 7.55. The maximum absolute atomic E-state index is 14.1. The van der Waals surface area contributed by atoms with Crippen LogP contribution in [0.4, 0.5) is 11.4 Å². The third-order valence-electron chi connectivity index (χ3n) is 7.18. The van der Waals surface area contributed by atoms with Gasteiger partial charge in [-0.05, 0) is 59.9 Å². The molecule has 182 valence electrons. The summed E-state index contributed by atoms with van der Waals surface area (Å²) in [5.41, 5.74) is 5.62. The molecule has 5 heteroatoms. The number of Topliss-reactive ketones (excluding diaryl/α,β-unsaturated/α-hetero) is 1. The van der Waals surface area contributed by atoms with Gasteiger partial charge >= 0.3 is 0 Å². The number of fused-ring (bicyclic) bond motifs is 1. The fourth-order valence-electron chi connectivity index (χ4n) is 5.45. The number of allylic oxidation sites excluding steroid dienone is 1. The molecule has 0 spiro atoms. The topological polar surface area (TPSA) is 49.4 Å². The van der Waals surface area contributed by atoms with Crippen LogP contribution in [0, 0.1) is 0 Å². The summed E-state index contributed by atoms with van der Waals surface area (Å²) in [7, 11) is 0. The minimum Gasteiger partial charge on any atom is -0.357 e. The number of hydrogen-bond donors (Lipinski definition) is 1. The van der Waals surface area contributed by atoms with Gasteiger partial charge in [-0.3, -0.25) is 14.5 Å². The zero-order chi connectivity index (χ0) is 25.4. The quantitative estimate of drug-likeness (QED) is 0.313. The summed E-state index contributed by atoms with van der Waals surface area (Å²) in [4.78, 5) is 29.9. The number of amides is 1. The lowest BCUT2D eigenvalue weighted by Crippen LogP contribution is -2.38. The molecule has 1 heterocycles. The molecule has 1 N–H and O–H groups in total. The maximum atomic E-state index is 14.1. The monoisotopic (exact) mass is 504 g/mol. The van der Waals surface area contributed by atoms with Gasteiger partial charge < -0.3 is 5.32 Å². The van der Waals surface area contributed by atoms with E-state index in [4.69, 9.17) is 11.6 Å². The number of nitrogens with one attached hydrogen (secondary N) is 1. The highest BCUT2D eigenvalue weighted by molar-refractivity contribution is 6.30. The Balaban J connectivity index is 1.55. The smallest absolute Gasteiger partial charge is 0.259 e. The maximum Gasteiger partial charge on any atom is 0.259 e. The van der Waals surface area contributed by atoms with Crippen LogP contribution in [0.25, 0.3) is 0 Å². The molecule has 1 amide bonds. The molecule has 0 aromatic heterocycles. The van der Waals surface area contributed by atoms with Crippen molar-refractivity contribution in [3.8, 4) is 0 Å². The summed E-state index contributed by atoms with van der Waals surface area (Å²) in [6.45, 7) is 0. The van der Waals surface area contributed by atoms with E-state index in [1.165, 1.54) is 0 Å². The van der Waals surface area contributed by atoms with Crippen molar-refractivity contribution in [3.05, 3.63) is 142 Å². The molecular weight excluding hydrogens is 480 g/mol. The molecular formula is C32H25ClN2O2. The number of halogens is 1. The molecule has 1 aliphatic carbocycles. The van der Waals surface area contributed by atoms with E-state index >= 15 is 0 Å². The van der Waals surface area contributed by atoms with Crippen molar-refractivity contribution in [2.45, 2.75) is 24.8 Å². The highest BCUT2D eigenvalue weighted by Crippen LogP contribution is 2.47. The minimum absolute atomic E-state index is 0.0241. The SMILES string of the molecule is O=C1C[C@H](c2ccc(Cl)cc2)CC2=C1[C@@H](c1ccccc1)N(C(=O)c1ccccc1)c1ccccc1N2. The van der Waals surface area contributed by atoms with Crippen LogP contribution in [0.2, 0.25) is 5.02 Å². The second-order valence-electron chi connectivity index (χ2n) is 9.47. The molecule has 2 aliphatic rings. The standard InChI is InChI=1S/C32H25ClN2O2/c33-25-17-15-21(16-18-25)24-19-27-30(29(36)20-24)31(22-9-3-1-4-10-22)35(28-14-8-7-13-26(28)34-27)32(37)23-11-5-2-6-12-23/h1-18,24,31,34H,19-20H2/t24-,31-/m1/s1. The largest absolute Gasteiger partial charge is 0.357 e. The Morgan fingerprint density at radius 1 is 0.757 bits per heavy atom. The first-order valence-electron chi connectivity index (χ1n) is 12.4. The Kier molecular flexibility index (Phi) is 6.11. The Bertz CT molecular complexity index is 1500. The van der Waals surface area contributed by atoms with Gasteiger partial charge in [-0.2, -0.15) is 0 Å². The number of rotatable bonds is 3. The summed E-state index contributed by atoms with van der Waals surface area (Å²) in [6, 6.07) is 34.1. The first-order chi connectivity index (χ1) is 18.1. The molecule has 0 unspecified atom stereocenters. The van der Waals surface area contributed by atoms with Crippen molar-refractivity contribution >= 4 is 34.7 Å². The van der Waals surface area contributed by atoms with Gasteiger partial charge in [0.1, 0.15) is 0 Å². The second-order valence-corrected chi connectivity index (χ2v) is 9.91. The van der Waals surface area contributed by atoms with E-state index in [-0.39, 0.29) is 17.6 Å². The summed E-state index contributed by atoms with van der Waals surface area (Å²) in [6.07, 6.45) is 1.03. The number of anilines is 2. The molecule has 0 radical (unpaired) electrons. The van der Waals surface area contributed by atoms with Gasteiger partial charge in [0.25, 0.3) is 5.91 Å².